The summed E-state index contributed by atoms with van der Waals surface area (Å²) < 4.78 is 29.9. The van der Waals surface area contributed by atoms with Crippen LogP contribution in [0.5, 0.6) is 11.5 Å². The van der Waals surface area contributed by atoms with Crippen LogP contribution in [0.3, 0.4) is 0 Å². The Balaban J connectivity index is 1.92. The number of fused-ring (bicyclic) bond motifs is 1. The van der Waals surface area contributed by atoms with E-state index in [-0.39, 0.29) is 22.4 Å². The standard InChI is InChI=1S/C25H20FNO5/c1-14-5-4-6-18-22(28)21(16-9-12-19(30-2)20(13-16)31-3)25(32-23(14)18)27-24(29)15-7-10-17(26)11-8-15/h4-13H,1-3H3,(H,27,29). The topological polar surface area (TPSA) is 77.8 Å². The molecule has 0 aliphatic heterocycles. The molecule has 3 aromatic carbocycles. The highest BCUT2D eigenvalue weighted by molar-refractivity contribution is 6.06. The molecule has 1 N–H and O–H groups in total. The first-order valence-corrected chi connectivity index (χ1v) is 9.78. The van der Waals surface area contributed by atoms with Gasteiger partial charge in [0.2, 0.25) is 11.3 Å². The number of hydrogen-bond donors (Lipinski definition) is 1. The Kier molecular flexibility index (Phi) is 5.64. The summed E-state index contributed by atoms with van der Waals surface area (Å²) in [6.45, 7) is 1.81. The van der Waals surface area contributed by atoms with Crippen molar-refractivity contribution in [3.8, 4) is 22.6 Å². The van der Waals surface area contributed by atoms with Crippen LogP contribution >= 0.6 is 0 Å². The van der Waals surface area contributed by atoms with Crippen LogP contribution in [0.4, 0.5) is 10.3 Å². The maximum Gasteiger partial charge on any atom is 0.257 e. The van der Waals surface area contributed by atoms with E-state index in [0.29, 0.717) is 28.0 Å². The first-order valence-electron chi connectivity index (χ1n) is 9.78. The SMILES string of the molecule is COc1ccc(-c2c(NC(=O)c3ccc(F)cc3)oc3c(C)cccc3c2=O)cc1OC. The van der Waals surface area contributed by atoms with Crippen molar-refractivity contribution < 1.29 is 23.1 Å². The van der Waals surface area contributed by atoms with Gasteiger partial charge < -0.3 is 13.9 Å². The van der Waals surface area contributed by atoms with Crippen LogP contribution in [0, 0.1) is 12.7 Å². The molecule has 0 radical (unpaired) electrons. The summed E-state index contributed by atoms with van der Waals surface area (Å²) in [4.78, 5) is 26.3. The van der Waals surface area contributed by atoms with E-state index in [0.717, 1.165) is 5.56 Å². The molecule has 0 atom stereocenters. The van der Waals surface area contributed by atoms with Gasteiger partial charge in [-0.15, -0.1) is 0 Å². The summed E-state index contributed by atoms with van der Waals surface area (Å²) >= 11 is 0. The number of carbonyl (C=O) groups excluding carboxylic acids is 1. The van der Waals surface area contributed by atoms with Gasteiger partial charge in [-0.1, -0.05) is 18.2 Å². The first kappa shape index (κ1) is 21.1. The van der Waals surface area contributed by atoms with Crippen LogP contribution in [-0.2, 0) is 0 Å². The second kappa shape index (κ2) is 8.55. The second-order valence-corrected chi connectivity index (χ2v) is 7.12. The van der Waals surface area contributed by atoms with E-state index in [1.807, 2.05) is 13.0 Å². The molecule has 1 amide bonds. The van der Waals surface area contributed by atoms with Crippen molar-refractivity contribution in [3.05, 3.63) is 87.8 Å². The summed E-state index contributed by atoms with van der Waals surface area (Å²) in [5.41, 5.74) is 1.68. The highest BCUT2D eigenvalue weighted by atomic mass is 19.1. The highest BCUT2D eigenvalue weighted by Gasteiger charge is 2.21. The molecule has 4 rings (SSSR count). The number of amides is 1. The third-order valence-corrected chi connectivity index (χ3v) is 5.12. The lowest BCUT2D eigenvalue weighted by Gasteiger charge is -2.14. The van der Waals surface area contributed by atoms with E-state index >= 15 is 0 Å². The number of benzene rings is 3. The number of rotatable bonds is 5. The fourth-order valence-corrected chi connectivity index (χ4v) is 3.48. The van der Waals surface area contributed by atoms with Gasteiger partial charge in [-0.2, -0.15) is 0 Å². The minimum atomic E-state index is -0.539. The molecule has 0 fully saturated rings. The van der Waals surface area contributed by atoms with E-state index < -0.39 is 11.7 Å². The van der Waals surface area contributed by atoms with Gasteiger partial charge in [-0.05, 0) is 60.5 Å². The zero-order valence-electron chi connectivity index (χ0n) is 17.7. The predicted octanol–water partition coefficient (Wildman–Crippen LogP) is 5.18. The lowest BCUT2D eigenvalue weighted by molar-refractivity contribution is 0.102. The van der Waals surface area contributed by atoms with Crippen molar-refractivity contribution in [1.82, 2.24) is 0 Å². The molecule has 6 nitrogen and oxygen atoms in total. The number of methoxy groups -OCH3 is 2. The van der Waals surface area contributed by atoms with Gasteiger partial charge in [0.05, 0.1) is 25.2 Å². The lowest BCUT2D eigenvalue weighted by Crippen LogP contribution is -2.16. The second-order valence-electron chi connectivity index (χ2n) is 7.12. The quantitative estimate of drug-likeness (QED) is 0.469. The molecule has 162 valence electrons. The number of nitrogens with one attached hydrogen (secondary N) is 1. The molecule has 1 heterocycles. The Morgan fingerprint density at radius 2 is 1.69 bits per heavy atom. The molecule has 0 aliphatic carbocycles. The summed E-state index contributed by atoms with van der Waals surface area (Å²) in [5, 5.41) is 3.05. The number of aryl methyl sites for hydroxylation is 1. The van der Waals surface area contributed by atoms with Gasteiger partial charge >= 0.3 is 0 Å². The van der Waals surface area contributed by atoms with Gasteiger partial charge in [0.15, 0.2) is 11.5 Å². The number of anilines is 1. The molecular formula is C25H20FNO5. The predicted molar refractivity (Wildman–Crippen MR) is 120 cm³/mol. The number of hydrogen-bond acceptors (Lipinski definition) is 5. The van der Waals surface area contributed by atoms with E-state index in [1.54, 1.807) is 30.3 Å². The smallest absolute Gasteiger partial charge is 0.257 e. The van der Waals surface area contributed by atoms with E-state index in [2.05, 4.69) is 5.32 Å². The number of ether oxygens (including phenoxy) is 2. The van der Waals surface area contributed by atoms with Crippen molar-refractivity contribution in [1.29, 1.82) is 0 Å². The average Bonchev–Trinajstić information content (AvgIpc) is 2.80. The van der Waals surface area contributed by atoms with Gasteiger partial charge in [0.1, 0.15) is 11.4 Å². The molecule has 7 heteroatoms. The van der Waals surface area contributed by atoms with E-state index in [9.17, 15) is 14.0 Å². The Bertz CT molecular complexity index is 1380. The maximum absolute atomic E-state index is 13.5. The first-order chi connectivity index (χ1) is 15.4. The molecule has 4 aromatic rings. The van der Waals surface area contributed by atoms with Gasteiger partial charge in [0, 0.05) is 5.56 Å². The molecule has 0 bridgehead atoms. The van der Waals surface area contributed by atoms with Crippen molar-refractivity contribution in [2.75, 3.05) is 19.5 Å². The Hall–Kier alpha value is -4.13. The monoisotopic (exact) mass is 433 g/mol. The summed E-state index contributed by atoms with van der Waals surface area (Å²) in [5.74, 6) is -0.0969. The normalized spacial score (nSPS) is 10.8. The van der Waals surface area contributed by atoms with Crippen LogP contribution in [0.2, 0.25) is 0 Å². The Labute approximate surface area is 183 Å². The summed E-state index contributed by atoms with van der Waals surface area (Å²) in [7, 11) is 3.00. The lowest BCUT2D eigenvalue weighted by atomic mass is 10.0. The maximum atomic E-state index is 13.5. The minimum Gasteiger partial charge on any atom is -0.493 e. The molecule has 1 aromatic heterocycles. The van der Waals surface area contributed by atoms with E-state index in [4.69, 9.17) is 13.9 Å². The van der Waals surface area contributed by atoms with Gasteiger partial charge in [-0.3, -0.25) is 14.9 Å². The number of carbonyl (C=O) groups is 1. The average molecular weight is 433 g/mol. The minimum absolute atomic E-state index is 0.0154. The van der Waals surface area contributed by atoms with Crippen LogP contribution in [0.15, 0.2) is 69.9 Å². The fourth-order valence-electron chi connectivity index (χ4n) is 3.48. The van der Waals surface area contributed by atoms with Gasteiger partial charge in [0.25, 0.3) is 5.91 Å². The summed E-state index contributed by atoms with van der Waals surface area (Å²) in [6, 6.07) is 15.3. The van der Waals surface area contributed by atoms with Crippen molar-refractivity contribution >= 4 is 22.8 Å². The van der Waals surface area contributed by atoms with Crippen molar-refractivity contribution in [3.63, 3.8) is 0 Å². The number of halogens is 1. The van der Waals surface area contributed by atoms with Crippen LogP contribution in [-0.4, -0.2) is 20.1 Å². The van der Waals surface area contributed by atoms with Crippen molar-refractivity contribution in [2.45, 2.75) is 6.92 Å². The largest absolute Gasteiger partial charge is 0.493 e. The molecule has 32 heavy (non-hydrogen) atoms. The molecular weight excluding hydrogens is 413 g/mol. The zero-order valence-corrected chi connectivity index (χ0v) is 17.7. The Morgan fingerprint density at radius 1 is 0.969 bits per heavy atom. The molecule has 0 spiro atoms. The highest BCUT2D eigenvalue weighted by Crippen LogP contribution is 2.35. The Morgan fingerprint density at radius 3 is 2.38 bits per heavy atom. The molecule has 0 unspecified atom stereocenters. The fraction of sp³-hybridized carbons (Fsp3) is 0.120. The zero-order chi connectivity index (χ0) is 22.8. The summed E-state index contributed by atoms with van der Waals surface area (Å²) in [6.07, 6.45) is 0. The number of para-hydroxylation sites is 1. The molecule has 0 saturated heterocycles. The van der Waals surface area contributed by atoms with Gasteiger partial charge in [-0.25, -0.2) is 4.39 Å². The third-order valence-electron chi connectivity index (χ3n) is 5.12. The van der Waals surface area contributed by atoms with Crippen LogP contribution in [0.1, 0.15) is 15.9 Å². The molecule has 0 aliphatic rings. The molecule has 0 saturated carbocycles. The van der Waals surface area contributed by atoms with Crippen LogP contribution in [0.25, 0.3) is 22.1 Å². The van der Waals surface area contributed by atoms with Crippen molar-refractivity contribution in [2.24, 2.45) is 0 Å². The third kappa shape index (κ3) is 3.80. The van der Waals surface area contributed by atoms with Crippen LogP contribution < -0.4 is 20.2 Å². The van der Waals surface area contributed by atoms with E-state index in [1.165, 1.54) is 38.5 Å².